The van der Waals surface area contributed by atoms with Gasteiger partial charge in [0.15, 0.2) is 0 Å². The fraction of sp³-hybridized carbons (Fsp3) is 0.500. The number of amides is 2. The van der Waals surface area contributed by atoms with Crippen molar-refractivity contribution in [1.82, 2.24) is 9.80 Å². The molecule has 3 aliphatic rings. The molecular formula is C18H20N2O5. The number of hydrogen-bond donors (Lipinski definition) is 1. The molecule has 0 bridgehead atoms. The van der Waals surface area contributed by atoms with Crippen LogP contribution in [0, 0.1) is 11.3 Å². The Hall–Kier alpha value is -2.57. The van der Waals surface area contributed by atoms with Crippen LogP contribution in [0.25, 0.3) is 0 Å². The highest BCUT2D eigenvalue weighted by atomic mass is 16.5. The molecule has 0 spiro atoms. The van der Waals surface area contributed by atoms with Gasteiger partial charge in [-0.3, -0.25) is 14.4 Å². The minimum atomic E-state index is -1.19. The number of ether oxygens (including phenoxy) is 1. The van der Waals surface area contributed by atoms with E-state index in [0.29, 0.717) is 18.7 Å². The highest BCUT2D eigenvalue weighted by Crippen LogP contribution is 2.44. The summed E-state index contributed by atoms with van der Waals surface area (Å²) in [4.78, 5) is 40.4. The number of carbonyl (C=O) groups excluding carboxylic acids is 2. The summed E-state index contributed by atoms with van der Waals surface area (Å²) in [5.74, 6) is -1.25. The molecule has 1 aromatic rings. The third-order valence-electron chi connectivity index (χ3n) is 5.66. The van der Waals surface area contributed by atoms with Gasteiger partial charge in [-0.2, -0.15) is 0 Å². The van der Waals surface area contributed by atoms with Crippen LogP contribution >= 0.6 is 0 Å². The molecule has 2 amide bonds. The lowest BCUT2D eigenvalue weighted by Crippen LogP contribution is -2.42. The molecular weight excluding hydrogens is 324 g/mol. The van der Waals surface area contributed by atoms with Crippen LogP contribution in [0.15, 0.2) is 18.2 Å². The number of hydrogen-bond acceptors (Lipinski definition) is 4. The van der Waals surface area contributed by atoms with Gasteiger partial charge in [0, 0.05) is 38.2 Å². The van der Waals surface area contributed by atoms with Crippen molar-refractivity contribution in [3.05, 3.63) is 29.3 Å². The van der Waals surface area contributed by atoms with Crippen molar-refractivity contribution in [2.45, 2.75) is 13.3 Å². The number of benzene rings is 1. The van der Waals surface area contributed by atoms with Crippen LogP contribution in [0.3, 0.4) is 0 Å². The highest BCUT2D eigenvalue weighted by molar-refractivity contribution is 5.98. The molecule has 1 N–H and O–H groups in total. The molecule has 25 heavy (non-hydrogen) atoms. The Balaban J connectivity index is 1.60. The molecule has 0 aromatic heterocycles. The molecule has 2 saturated heterocycles. The number of fused-ring (bicyclic) bond motifs is 2. The number of carboxylic acid groups (broad SMARTS) is 1. The first-order valence-corrected chi connectivity index (χ1v) is 8.53. The van der Waals surface area contributed by atoms with E-state index in [2.05, 4.69) is 0 Å². The van der Waals surface area contributed by atoms with Crippen LogP contribution in [0.2, 0.25) is 0 Å². The molecule has 0 radical (unpaired) electrons. The third kappa shape index (κ3) is 2.22. The lowest BCUT2D eigenvalue weighted by molar-refractivity contribution is -0.149. The van der Waals surface area contributed by atoms with Crippen molar-refractivity contribution in [1.29, 1.82) is 0 Å². The molecule has 7 nitrogen and oxygen atoms in total. The van der Waals surface area contributed by atoms with Crippen LogP contribution < -0.4 is 4.74 Å². The van der Waals surface area contributed by atoms with Crippen LogP contribution in [-0.4, -0.2) is 65.5 Å². The summed E-state index contributed by atoms with van der Waals surface area (Å²) in [6.07, 6.45) is 0.766. The number of aliphatic carboxylic acids is 1. The predicted molar refractivity (Wildman–Crippen MR) is 87.4 cm³/mol. The number of carbonyl (C=O) groups is 3. The van der Waals surface area contributed by atoms with Gasteiger partial charge in [-0.05, 0) is 30.7 Å². The Kier molecular flexibility index (Phi) is 3.49. The molecule has 0 unspecified atom stereocenters. The van der Waals surface area contributed by atoms with E-state index in [-0.39, 0.29) is 31.4 Å². The van der Waals surface area contributed by atoms with Gasteiger partial charge in [-0.15, -0.1) is 0 Å². The van der Waals surface area contributed by atoms with E-state index in [1.807, 2.05) is 13.0 Å². The van der Waals surface area contributed by atoms with Gasteiger partial charge in [0.25, 0.3) is 5.91 Å². The lowest BCUT2D eigenvalue weighted by Gasteiger charge is -2.24. The normalized spacial score (nSPS) is 27.2. The average molecular weight is 344 g/mol. The number of rotatable bonds is 3. The van der Waals surface area contributed by atoms with Crippen LogP contribution in [-0.2, 0) is 16.0 Å². The van der Waals surface area contributed by atoms with Crippen molar-refractivity contribution in [3.8, 4) is 5.75 Å². The van der Waals surface area contributed by atoms with Gasteiger partial charge in [0.2, 0.25) is 5.91 Å². The molecule has 132 valence electrons. The molecule has 0 aliphatic carbocycles. The van der Waals surface area contributed by atoms with Gasteiger partial charge in [-0.1, -0.05) is 0 Å². The molecule has 1 aromatic carbocycles. The number of nitrogens with zero attached hydrogens (tertiary/aromatic N) is 2. The first-order valence-electron chi connectivity index (χ1n) is 8.53. The summed E-state index contributed by atoms with van der Waals surface area (Å²) in [7, 11) is 0. The second-order valence-electron chi connectivity index (χ2n) is 6.97. The van der Waals surface area contributed by atoms with Gasteiger partial charge in [-0.25, -0.2) is 0 Å². The monoisotopic (exact) mass is 344 g/mol. The summed E-state index contributed by atoms with van der Waals surface area (Å²) < 4.78 is 5.45. The summed E-state index contributed by atoms with van der Waals surface area (Å²) in [6.45, 7) is 3.34. The Morgan fingerprint density at radius 2 is 2.16 bits per heavy atom. The van der Waals surface area contributed by atoms with Crippen LogP contribution in [0.5, 0.6) is 5.75 Å². The van der Waals surface area contributed by atoms with E-state index < -0.39 is 17.3 Å². The molecule has 2 atom stereocenters. The summed E-state index contributed by atoms with van der Waals surface area (Å²) in [6, 6.07) is 5.30. The molecule has 3 aliphatic heterocycles. The zero-order valence-corrected chi connectivity index (χ0v) is 14.0. The van der Waals surface area contributed by atoms with Crippen molar-refractivity contribution < 1.29 is 24.2 Å². The van der Waals surface area contributed by atoms with Crippen molar-refractivity contribution >= 4 is 17.8 Å². The SMILES string of the molecule is CCN1C[C@]2(C(=O)O)CN(C(=O)c3ccc4c(c3)CCO4)C[C@@H]2C1=O. The van der Waals surface area contributed by atoms with Gasteiger partial charge in [0.05, 0.1) is 12.5 Å². The Labute approximate surface area is 145 Å². The maximum atomic E-state index is 12.9. The minimum absolute atomic E-state index is 0.0711. The van der Waals surface area contributed by atoms with Crippen molar-refractivity contribution in [2.24, 2.45) is 11.3 Å². The second kappa shape index (κ2) is 5.47. The highest BCUT2D eigenvalue weighted by Gasteiger charge is 2.62. The van der Waals surface area contributed by atoms with E-state index in [9.17, 15) is 19.5 Å². The fourth-order valence-corrected chi connectivity index (χ4v) is 4.23. The Morgan fingerprint density at radius 3 is 2.84 bits per heavy atom. The topological polar surface area (TPSA) is 87.2 Å². The number of likely N-dealkylation sites (tertiary alicyclic amines) is 2. The first kappa shape index (κ1) is 15.9. The molecule has 0 saturated carbocycles. The van der Waals surface area contributed by atoms with Gasteiger partial charge in [0.1, 0.15) is 11.2 Å². The van der Waals surface area contributed by atoms with E-state index in [0.717, 1.165) is 17.7 Å². The predicted octanol–water partition coefficient (Wildman–Crippen LogP) is 0.627. The van der Waals surface area contributed by atoms with E-state index >= 15 is 0 Å². The molecule has 4 rings (SSSR count). The standard InChI is InChI=1S/C18H20N2O5/c1-2-19-9-18(17(23)24)10-20(8-13(18)16(19)22)15(21)12-3-4-14-11(7-12)5-6-25-14/h3-4,7,13H,2,5-6,8-10H2,1H3,(H,23,24)/t13-,18+/m1/s1. The van der Waals surface area contributed by atoms with Crippen molar-refractivity contribution in [2.75, 3.05) is 32.8 Å². The van der Waals surface area contributed by atoms with Gasteiger partial charge < -0.3 is 19.6 Å². The lowest BCUT2D eigenvalue weighted by atomic mass is 9.81. The molecule has 2 fully saturated rings. The quantitative estimate of drug-likeness (QED) is 0.869. The average Bonchev–Trinajstić information content (AvgIpc) is 3.27. The zero-order chi connectivity index (χ0) is 17.8. The minimum Gasteiger partial charge on any atom is -0.493 e. The fourth-order valence-electron chi connectivity index (χ4n) is 4.23. The van der Waals surface area contributed by atoms with E-state index in [1.165, 1.54) is 4.90 Å². The Bertz CT molecular complexity index is 777. The largest absolute Gasteiger partial charge is 0.493 e. The zero-order valence-electron chi connectivity index (χ0n) is 14.0. The first-order chi connectivity index (χ1) is 12.0. The smallest absolute Gasteiger partial charge is 0.314 e. The second-order valence-corrected chi connectivity index (χ2v) is 6.97. The molecule has 3 heterocycles. The maximum absolute atomic E-state index is 12.9. The van der Waals surface area contributed by atoms with E-state index in [4.69, 9.17) is 4.74 Å². The summed E-state index contributed by atoms with van der Waals surface area (Å²) in [5.41, 5.74) is 0.318. The third-order valence-corrected chi connectivity index (χ3v) is 5.66. The van der Waals surface area contributed by atoms with Gasteiger partial charge >= 0.3 is 5.97 Å². The summed E-state index contributed by atoms with van der Waals surface area (Å²) in [5, 5.41) is 9.77. The summed E-state index contributed by atoms with van der Waals surface area (Å²) >= 11 is 0. The van der Waals surface area contributed by atoms with Crippen LogP contribution in [0.1, 0.15) is 22.8 Å². The van der Waals surface area contributed by atoms with Crippen LogP contribution in [0.4, 0.5) is 0 Å². The van der Waals surface area contributed by atoms with Crippen molar-refractivity contribution in [3.63, 3.8) is 0 Å². The van der Waals surface area contributed by atoms with E-state index in [1.54, 1.807) is 17.0 Å². The molecule has 7 heteroatoms. The maximum Gasteiger partial charge on any atom is 0.314 e. The Morgan fingerprint density at radius 1 is 1.36 bits per heavy atom. The number of carboxylic acids is 1.